The third-order valence-electron chi connectivity index (χ3n) is 4.48. The molecule has 0 aromatic heterocycles. The summed E-state index contributed by atoms with van der Waals surface area (Å²) in [6.07, 6.45) is 5.29. The third kappa shape index (κ3) is 3.80. The minimum atomic E-state index is -0.492. The van der Waals surface area contributed by atoms with Crippen LogP contribution < -0.4 is 0 Å². The van der Waals surface area contributed by atoms with Crippen molar-refractivity contribution in [1.29, 1.82) is 0 Å². The van der Waals surface area contributed by atoms with Gasteiger partial charge >= 0.3 is 0 Å². The van der Waals surface area contributed by atoms with E-state index in [0.29, 0.717) is 11.6 Å². The van der Waals surface area contributed by atoms with E-state index in [9.17, 15) is 9.50 Å². The molecule has 1 saturated heterocycles. The Bertz CT molecular complexity index is 435. The minimum Gasteiger partial charge on any atom is -0.388 e. The molecule has 0 spiro atoms. The molecule has 1 N–H and O–H groups in total. The summed E-state index contributed by atoms with van der Waals surface area (Å²) in [5, 5.41) is 10.3. The van der Waals surface area contributed by atoms with Crippen LogP contribution in [0.2, 0.25) is 0 Å². The molecular formula is C17H26FNO. The quantitative estimate of drug-likeness (QED) is 0.885. The number of benzene rings is 1. The molecule has 1 aliphatic rings. The Hall–Kier alpha value is -0.930. The van der Waals surface area contributed by atoms with Crippen LogP contribution in [0.3, 0.4) is 0 Å². The van der Waals surface area contributed by atoms with Crippen LogP contribution in [0.25, 0.3) is 0 Å². The third-order valence-corrected chi connectivity index (χ3v) is 4.48. The zero-order valence-corrected chi connectivity index (χ0v) is 12.6. The van der Waals surface area contributed by atoms with E-state index in [1.165, 1.54) is 31.7 Å². The van der Waals surface area contributed by atoms with Crippen LogP contribution in [0.4, 0.5) is 4.39 Å². The maximum absolute atomic E-state index is 13.2. The van der Waals surface area contributed by atoms with Gasteiger partial charge < -0.3 is 10.0 Å². The molecule has 0 bridgehead atoms. The van der Waals surface area contributed by atoms with Crippen LogP contribution in [0.1, 0.15) is 56.3 Å². The number of aryl methyl sites for hydroxylation is 1. The molecule has 1 aromatic rings. The second kappa shape index (κ2) is 7.19. The summed E-state index contributed by atoms with van der Waals surface area (Å²) in [5.74, 6) is -0.206. The molecule has 2 unspecified atom stereocenters. The van der Waals surface area contributed by atoms with E-state index in [0.717, 1.165) is 25.1 Å². The average molecular weight is 279 g/mol. The van der Waals surface area contributed by atoms with Gasteiger partial charge in [0.15, 0.2) is 0 Å². The number of likely N-dealkylation sites (tertiary alicyclic amines) is 1. The number of aliphatic hydroxyl groups is 1. The Morgan fingerprint density at radius 2 is 2.20 bits per heavy atom. The number of hydrogen-bond acceptors (Lipinski definition) is 2. The number of hydrogen-bond donors (Lipinski definition) is 1. The summed E-state index contributed by atoms with van der Waals surface area (Å²) in [6, 6.07) is 5.57. The lowest BCUT2D eigenvalue weighted by Crippen LogP contribution is -2.40. The maximum atomic E-state index is 13.2. The van der Waals surface area contributed by atoms with Gasteiger partial charge in [0.2, 0.25) is 0 Å². The van der Waals surface area contributed by atoms with Crippen molar-refractivity contribution in [3.05, 3.63) is 35.1 Å². The highest BCUT2D eigenvalue weighted by molar-refractivity contribution is 5.25. The van der Waals surface area contributed by atoms with Crippen molar-refractivity contribution in [1.82, 2.24) is 4.90 Å². The molecule has 1 heterocycles. The van der Waals surface area contributed by atoms with Crippen molar-refractivity contribution in [2.75, 3.05) is 13.1 Å². The molecule has 20 heavy (non-hydrogen) atoms. The zero-order chi connectivity index (χ0) is 14.5. The van der Waals surface area contributed by atoms with Crippen molar-refractivity contribution in [3.63, 3.8) is 0 Å². The van der Waals surface area contributed by atoms with Gasteiger partial charge in [-0.3, -0.25) is 0 Å². The highest BCUT2D eigenvalue weighted by atomic mass is 19.1. The lowest BCUT2D eigenvalue weighted by atomic mass is 9.98. The number of rotatable bonds is 5. The van der Waals surface area contributed by atoms with Gasteiger partial charge in [0.25, 0.3) is 0 Å². The van der Waals surface area contributed by atoms with Gasteiger partial charge in [-0.25, -0.2) is 4.39 Å². The van der Waals surface area contributed by atoms with Crippen LogP contribution in [0.15, 0.2) is 18.2 Å². The first-order valence-electron chi connectivity index (χ1n) is 7.80. The molecule has 3 heteroatoms. The molecule has 112 valence electrons. The Balaban J connectivity index is 1.90. The van der Waals surface area contributed by atoms with E-state index in [1.54, 1.807) is 19.1 Å². The summed E-state index contributed by atoms with van der Waals surface area (Å²) in [4.78, 5) is 2.50. The minimum absolute atomic E-state index is 0.206. The van der Waals surface area contributed by atoms with E-state index in [4.69, 9.17) is 0 Å². The standard InChI is InChI=1S/C17H26FNO/c1-3-15-6-4-5-10-19(15)11-9-17(20)14-7-8-16(18)13(2)12-14/h7-8,12,15,17,20H,3-6,9-11H2,1-2H3. The van der Waals surface area contributed by atoms with Crippen LogP contribution in [0, 0.1) is 12.7 Å². The molecule has 1 fully saturated rings. The normalized spacial score (nSPS) is 21.9. The number of piperidine rings is 1. The SMILES string of the molecule is CCC1CCCCN1CCC(O)c1ccc(F)c(C)c1. The van der Waals surface area contributed by atoms with Crippen molar-refractivity contribution in [2.45, 2.75) is 58.1 Å². The predicted octanol–water partition coefficient (Wildman–Crippen LogP) is 3.82. The largest absolute Gasteiger partial charge is 0.388 e. The summed E-state index contributed by atoms with van der Waals surface area (Å²) >= 11 is 0. The second-order valence-corrected chi connectivity index (χ2v) is 5.91. The molecule has 1 aromatic carbocycles. The first-order valence-corrected chi connectivity index (χ1v) is 7.80. The van der Waals surface area contributed by atoms with E-state index >= 15 is 0 Å². The van der Waals surface area contributed by atoms with E-state index < -0.39 is 6.10 Å². The number of aliphatic hydroxyl groups excluding tert-OH is 1. The Morgan fingerprint density at radius 1 is 1.40 bits per heavy atom. The van der Waals surface area contributed by atoms with Gasteiger partial charge in [-0.05, 0) is 56.3 Å². The van der Waals surface area contributed by atoms with E-state index in [-0.39, 0.29) is 5.82 Å². The van der Waals surface area contributed by atoms with Gasteiger partial charge in [0.05, 0.1) is 6.10 Å². The lowest BCUT2D eigenvalue weighted by molar-refractivity contribution is 0.101. The van der Waals surface area contributed by atoms with Gasteiger partial charge in [-0.2, -0.15) is 0 Å². The van der Waals surface area contributed by atoms with Crippen LogP contribution in [-0.2, 0) is 0 Å². The average Bonchev–Trinajstić information content (AvgIpc) is 2.47. The van der Waals surface area contributed by atoms with Crippen molar-refractivity contribution in [3.8, 4) is 0 Å². The highest BCUT2D eigenvalue weighted by Gasteiger charge is 2.21. The Kier molecular flexibility index (Phi) is 5.55. The maximum Gasteiger partial charge on any atom is 0.126 e. The van der Waals surface area contributed by atoms with Crippen molar-refractivity contribution in [2.24, 2.45) is 0 Å². The Morgan fingerprint density at radius 3 is 2.90 bits per heavy atom. The van der Waals surface area contributed by atoms with E-state index in [1.807, 2.05) is 0 Å². The molecule has 0 saturated carbocycles. The van der Waals surface area contributed by atoms with Gasteiger partial charge in [-0.15, -0.1) is 0 Å². The van der Waals surface area contributed by atoms with E-state index in [2.05, 4.69) is 11.8 Å². The van der Waals surface area contributed by atoms with Gasteiger partial charge in [-0.1, -0.05) is 25.5 Å². The van der Waals surface area contributed by atoms with Crippen LogP contribution >= 0.6 is 0 Å². The molecular weight excluding hydrogens is 253 g/mol. The first-order chi connectivity index (χ1) is 9.61. The fourth-order valence-corrected chi connectivity index (χ4v) is 3.15. The van der Waals surface area contributed by atoms with Crippen molar-refractivity contribution >= 4 is 0 Å². The van der Waals surface area contributed by atoms with Gasteiger partial charge in [0, 0.05) is 12.6 Å². The molecule has 2 rings (SSSR count). The topological polar surface area (TPSA) is 23.5 Å². The monoisotopic (exact) mass is 279 g/mol. The first kappa shape index (κ1) is 15.5. The van der Waals surface area contributed by atoms with Gasteiger partial charge in [0.1, 0.15) is 5.82 Å². The van der Waals surface area contributed by atoms with Crippen molar-refractivity contribution < 1.29 is 9.50 Å². The second-order valence-electron chi connectivity index (χ2n) is 5.91. The fraction of sp³-hybridized carbons (Fsp3) is 0.647. The number of nitrogens with zero attached hydrogens (tertiary/aromatic N) is 1. The molecule has 1 aliphatic heterocycles. The van der Waals surface area contributed by atoms with Crippen LogP contribution in [-0.4, -0.2) is 29.1 Å². The predicted molar refractivity (Wildman–Crippen MR) is 80.2 cm³/mol. The molecule has 2 nitrogen and oxygen atoms in total. The molecule has 0 radical (unpaired) electrons. The lowest BCUT2D eigenvalue weighted by Gasteiger charge is -2.35. The summed E-state index contributed by atoms with van der Waals surface area (Å²) in [5.41, 5.74) is 1.43. The smallest absolute Gasteiger partial charge is 0.126 e. The fourth-order valence-electron chi connectivity index (χ4n) is 3.15. The summed E-state index contributed by atoms with van der Waals surface area (Å²) < 4.78 is 13.2. The molecule has 2 atom stereocenters. The highest BCUT2D eigenvalue weighted by Crippen LogP contribution is 2.23. The summed E-state index contributed by atoms with van der Waals surface area (Å²) in [6.45, 7) is 6.05. The number of halogens is 1. The molecule has 0 aliphatic carbocycles. The van der Waals surface area contributed by atoms with Crippen LogP contribution in [0.5, 0.6) is 0 Å². The Labute approximate surface area is 121 Å². The summed E-state index contributed by atoms with van der Waals surface area (Å²) in [7, 11) is 0. The zero-order valence-electron chi connectivity index (χ0n) is 12.6. The molecule has 0 amide bonds.